The minimum Gasteiger partial charge on any atom is -0.343 e. The monoisotopic (exact) mass is 231 g/mol. The van der Waals surface area contributed by atoms with Crippen molar-refractivity contribution in [3.63, 3.8) is 0 Å². The zero-order chi connectivity index (χ0) is 12.1. The fourth-order valence-corrected chi connectivity index (χ4v) is 1.87. The van der Waals surface area contributed by atoms with Crippen LogP contribution in [-0.4, -0.2) is 12.4 Å². The Bertz CT molecular complexity index is 474. The van der Waals surface area contributed by atoms with Crippen LogP contribution in [0.3, 0.4) is 0 Å². The number of aliphatic imine (C=N–C) groups is 1. The molecule has 1 aromatic carbocycles. The van der Waals surface area contributed by atoms with E-state index in [1.54, 1.807) is 12.1 Å². The van der Waals surface area contributed by atoms with Crippen molar-refractivity contribution in [2.75, 3.05) is 11.9 Å². The molecule has 0 saturated heterocycles. The Labute approximate surface area is 100.0 Å². The van der Waals surface area contributed by atoms with Gasteiger partial charge in [0.15, 0.2) is 0 Å². The highest BCUT2D eigenvalue weighted by Gasteiger charge is 2.10. The van der Waals surface area contributed by atoms with Crippen molar-refractivity contribution < 1.29 is 4.39 Å². The van der Waals surface area contributed by atoms with Crippen LogP contribution in [0.25, 0.3) is 0 Å². The number of nitriles is 1. The Kier molecular flexibility index (Phi) is 3.71. The topological polar surface area (TPSA) is 48.2 Å². The Hall–Kier alpha value is -1.89. The number of anilines is 1. The normalized spacial score (nSPS) is 15.6. The van der Waals surface area contributed by atoms with Gasteiger partial charge in [0.2, 0.25) is 0 Å². The molecule has 1 aliphatic rings. The summed E-state index contributed by atoms with van der Waals surface area (Å²) in [6, 6.07) is 6.46. The van der Waals surface area contributed by atoms with Crippen molar-refractivity contribution in [3.05, 3.63) is 29.6 Å². The lowest BCUT2D eigenvalue weighted by Gasteiger charge is -2.10. The van der Waals surface area contributed by atoms with E-state index in [2.05, 4.69) is 10.3 Å². The highest BCUT2D eigenvalue weighted by atomic mass is 19.1. The van der Waals surface area contributed by atoms with Gasteiger partial charge in [0.25, 0.3) is 0 Å². The van der Waals surface area contributed by atoms with Gasteiger partial charge in [-0.3, -0.25) is 4.99 Å². The molecule has 88 valence electrons. The summed E-state index contributed by atoms with van der Waals surface area (Å²) in [4.78, 5) is 4.40. The quantitative estimate of drug-likeness (QED) is 0.807. The molecule has 0 saturated carbocycles. The van der Waals surface area contributed by atoms with Crippen molar-refractivity contribution in [1.82, 2.24) is 0 Å². The molecule has 1 heterocycles. The molecule has 0 unspecified atom stereocenters. The van der Waals surface area contributed by atoms with Crippen LogP contribution in [0.4, 0.5) is 10.1 Å². The van der Waals surface area contributed by atoms with Crippen LogP contribution >= 0.6 is 0 Å². The molecule has 0 amide bonds. The van der Waals surface area contributed by atoms with E-state index in [4.69, 9.17) is 5.26 Å². The molecule has 1 aromatic rings. The van der Waals surface area contributed by atoms with Crippen LogP contribution in [-0.2, 0) is 0 Å². The van der Waals surface area contributed by atoms with Gasteiger partial charge >= 0.3 is 0 Å². The predicted molar refractivity (Wildman–Crippen MR) is 65.5 cm³/mol. The van der Waals surface area contributed by atoms with Gasteiger partial charge in [0, 0.05) is 13.0 Å². The fraction of sp³-hybridized carbons (Fsp3) is 0.385. The zero-order valence-electron chi connectivity index (χ0n) is 9.54. The lowest BCUT2D eigenvalue weighted by Crippen LogP contribution is -2.13. The summed E-state index contributed by atoms with van der Waals surface area (Å²) in [5.74, 6) is 0.358. The van der Waals surface area contributed by atoms with E-state index in [0.29, 0.717) is 5.69 Å². The standard InChI is InChI=1S/C13H14FN3/c14-11-5-4-6-12(10(11)9-15)17-13-7-2-1-3-8-16-13/h4-6H,1-3,7-8H2,(H,16,17). The molecule has 4 heteroatoms. The van der Waals surface area contributed by atoms with E-state index in [0.717, 1.165) is 31.6 Å². The molecule has 0 radical (unpaired) electrons. The molecule has 2 rings (SSSR count). The maximum atomic E-state index is 13.4. The van der Waals surface area contributed by atoms with Crippen molar-refractivity contribution in [3.8, 4) is 6.07 Å². The molecule has 3 nitrogen and oxygen atoms in total. The van der Waals surface area contributed by atoms with E-state index < -0.39 is 5.82 Å². The molecular formula is C13H14FN3. The second-order valence-electron chi connectivity index (χ2n) is 4.04. The summed E-state index contributed by atoms with van der Waals surface area (Å²) in [5, 5.41) is 12.0. The summed E-state index contributed by atoms with van der Waals surface area (Å²) < 4.78 is 13.4. The van der Waals surface area contributed by atoms with Gasteiger partial charge in [-0.2, -0.15) is 5.26 Å². The third kappa shape index (κ3) is 2.82. The molecule has 17 heavy (non-hydrogen) atoms. The molecule has 1 aliphatic heterocycles. The number of nitrogens with zero attached hydrogens (tertiary/aromatic N) is 2. The van der Waals surface area contributed by atoms with Gasteiger partial charge in [-0.05, 0) is 25.0 Å². The third-order valence-electron chi connectivity index (χ3n) is 2.78. The van der Waals surface area contributed by atoms with Gasteiger partial charge in [-0.1, -0.05) is 12.5 Å². The molecule has 0 bridgehead atoms. The average Bonchev–Trinajstić information content (AvgIpc) is 2.58. The van der Waals surface area contributed by atoms with Crippen molar-refractivity contribution in [2.24, 2.45) is 4.99 Å². The number of hydrogen-bond acceptors (Lipinski definition) is 3. The molecule has 0 aromatic heterocycles. The average molecular weight is 231 g/mol. The Balaban J connectivity index is 2.21. The van der Waals surface area contributed by atoms with Gasteiger partial charge in [0.1, 0.15) is 23.3 Å². The summed E-state index contributed by atoms with van der Waals surface area (Å²) >= 11 is 0. The SMILES string of the molecule is N#Cc1c(F)cccc1NC1=NCCCCC1. The summed E-state index contributed by atoms with van der Waals surface area (Å²) in [5.41, 5.74) is 0.563. The molecule has 0 aliphatic carbocycles. The maximum Gasteiger partial charge on any atom is 0.143 e. The smallest absolute Gasteiger partial charge is 0.143 e. The molecule has 0 atom stereocenters. The van der Waals surface area contributed by atoms with E-state index in [9.17, 15) is 4.39 Å². The van der Waals surface area contributed by atoms with Gasteiger partial charge in [-0.15, -0.1) is 0 Å². The first-order valence-electron chi connectivity index (χ1n) is 5.80. The van der Waals surface area contributed by atoms with E-state index in [1.807, 2.05) is 6.07 Å². The Morgan fingerprint density at radius 1 is 1.29 bits per heavy atom. The maximum absolute atomic E-state index is 13.4. The summed E-state index contributed by atoms with van der Waals surface area (Å²) in [6.45, 7) is 0.805. The predicted octanol–water partition coefficient (Wildman–Crippen LogP) is 3.08. The summed E-state index contributed by atoms with van der Waals surface area (Å²) in [6.07, 6.45) is 4.22. The van der Waals surface area contributed by atoms with Crippen LogP contribution < -0.4 is 5.32 Å². The van der Waals surface area contributed by atoms with Crippen molar-refractivity contribution >= 4 is 11.5 Å². The number of hydrogen-bond donors (Lipinski definition) is 1. The van der Waals surface area contributed by atoms with Crippen LogP contribution in [0, 0.1) is 17.1 Å². The van der Waals surface area contributed by atoms with Crippen molar-refractivity contribution in [1.29, 1.82) is 5.26 Å². The van der Waals surface area contributed by atoms with Crippen LogP contribution in [0.15, 0.2) is 23.2 Å². The molecular weight excluding hydrogens is 217 g/mol. The van der Waals surface area contributed by atoms with Crippen molar-refractivity contribution in [2.45, 2.75) is 25.7 Å². The highest BCUT2D eigenvalue weighted by Crippen LogP contribution is 2.19. The van der Waals surface area contributed by atoms with E-state index in [1.165, 1.54) is 12.5 Å². The molecule has 1 N–H and O–H groups in total. The Morgan fingerprint density at radius 2 is 2.18 bits per heavy atom. The minimum absolute atomic E-state index is 0.0550. The molecule has 0 spiro atoms. The largest absolute Gasteiger partial charge is 0.343 e. The van der Waals surface area contributed by atoms with E-state index in [-0.39, 0.29) is 5.56 Å². The van der Waals surface area contributed by atoms with E-state index >= 15 is 0 Å². The summed E-state index contributed by atoms with van der Waals surface area (Å²) in [7, 11) is 0. The van der Waals surface area contributed by atoms with Gasteiger partial charge < -0.3 is 5.32 Å². The fourth-order valence-electron chi connectivity index (χ4n) is 1.87. The number of rotatable bonds is 1. The second-order valence-corrected chi connectivity index (χ2v) is 4.04. The lowest BCUT2D eigenvalue weighted by atomic mass is 10.1. The first-order valence-corrected chi connectivity index (χ1v) is 5.80. The zero-order valence-corrected chi connectivity index (χ0v) is 9.54. The number of amidine groups is 1. The van der Waals surface area contributed by atoms with Gasteiger partial charge in [-0.25, -0.2) is 4.39 Å². The second kappa shape index (κ2) is 5.44. The first kappa shape index (κ1) is 11.6. The van der Waals surface area contributed by atoms with Crippen LogP contribution in [0.2, 0.25) is 0 Å². The van der Waals surface area contributed by atoms with Crippen LogP contribution in [0.1, 0.15) is 31.2 Å². The third-order valence-corrected chi connectivity index (χ3v) is 2.78. The van der Waals surface area contributed by atoms with Crippen LogP contribution in [0.5, 0.6) is 0 Å². The van der Waals surface area contributed by atoms with Gasteiger partial charge in [0.05, 0.1) is 5.69 Å². The molecule has 0 fully saturated rings. The minimum atomic E-state index is -0.494. The number of halogens is 1. The number of benzene rings is 1. The number of nitrogens with one attached hydrogen (secondary N) is 1. The Morgan fingerprint density at radius 3 is 3.00 bits per heavy atom. The first-order chi connectivity index (χ1) is 8.31. The highest BCUT2D eigenvalue weighted by molar-refractivity contribution is 5.96. The lowest BCUT2D eigenvalue weighted by molar-refractivity contribution is 0.624.